The van der Waals surface area contributed by atoms with E-state index in [4.69, 9.17) is 21.4 Å². The first-order valence-corrected chi connectivity index (χ1v) is 5.41. The van der Waals surface area contributed by atoms with Crippen LogP contribution in [0.25, 0.3) is 0 Å². The average Bonchev–Trinajstić information content (AvgIpc) is 2.93. The normalized spacial score (nSPS) is 18.0. The standard InChI is InChI=1S/C11H17ClO2/c1-3-14-11(9-5-6-9)10(12)7-4-8(2)13/h7-8,13H,3-6H2,1-2H3/b10-7+. The first-order chi connectivity index (χ1) is 6.65. The smallest absolute Gasteiger partial charge is 0.136 e. The average molecular weight is 217 g/mol. The van der Waals surface area contributed by atoms with Crippen LogP contribution in [0.2, 0.25) is 0 Å². The first kappa shape index (κ1) is 11.6. The quantitative estimate of drug-likeness (QED) is 0.716. The van der Waals surface area contributed by atoms with Crippen molar-refractivity contribution in [2.45, 2.75) is 39.2 Å². The number of hydrogen-bond donors (Lipinski definition) is 1. The number of hydrogen-bond acceptors (Lipinski definition) is 2. The van der Waals surface area contributed by atoms with E-state index in [0.717, 1.165) is 18.6 Å². The monoisotopic (exact) mass is 216 g/mol. The predicted octanol–water partition coefficient (Wildman–Crippen LogP) is 2.96. The fourth-order valence-corrected chi connectivity index (χ4v) is 1.42. The highest BCUT2D eigenvalue weighted by Crippen LogP contribution is 2.36. The van der Waals surface area contributed by atoms with Crippen LogP contribution in [-0.2, 0) is 4.74 Å². The predicted molar refractivity (Wildman–Crippen MR) is 58.1 cm³/mol. The Kier molecular flexibility index (Phi) is 4.49. The van der Waals surface area contributed by atoms with Gasteiger partial charge in [0, 0.05) is 0 Å². The molecule has 0 amide bonds. The van der Waals surface area contributed by atoms with Gasteiger partial charge in [0.2, 0.25) is 0 Å². The van der Waals surface area contributed by atoms with Crippen LogP contribution in [0, 0.1) is 0 Å². The summed E-state index contributed by atoms with van der Waals surface area (Å²) in [6.45, 7) is 4.32. The minimum absolute atomic E-state index is 0.351. The van der Waals surface area contributed by atoms with Crippen molar-refractivity contribution in [3.8, 4) is 0 Å². The molecule has 0 aromatic carbocycles. The van der Waals surface area contributed by atoms with E-state index in [2.05, 4.69) is 0 Å². The van der Waals surface area contributed by atoms with E-state index in [-0.39, 0.29) is 6.10 Å². The second-order valence-corrected chi connectivity index (χ2v) is 3.91. The first-order valence-electron chi connectivity index (χ1n) is 5.04. The van der Waals surface area contributed by atoms with Gasteiger partial charge in [0.15, 0.2) is 0 Å². The van der Waals surface area contributed by atoms with Crippen molar-refractivity contribution >= 4 is 11.6 Å². The van der Waals surface area contributed by atoms with Crippen LogP contribution < -0.4 is 0 Å². The maximum Gasteiger partial charge on any atom is 0.136 e. The molecule has 1 aliphatic carbocycles. The van der Waals surface area contributed by atoms with Crippen LogP contribution in [0.4, 0.5) is 0 Å². The van der Waals surface area contributed by atoms with E-state index in [9.17, 15) is 0 Å². The molecule has 0 aromatic rings. The highest BCUT2D eigenvalue weighted by molar-refractivity contribution is 6.31. The molecule has 1 saturated carbocycles. The minimum atomic E-state index is -0.351. The van der Waals surface area contributed by atoms with Crippen molar-refractivity contribution in [3.63, 3.8) is 0 Å². The lowest BCUT2D eigenvalue weighted by Gasteiger charge is -2.07. The molecule has 0 saturated heterocycles. The second kappa shape index (κ2) is 5.42. The SMILES string of the molecule is CCOC(=C1CC1)/C(Cl)=C\CC(C)O. The molecule has 14 heavy (non-hydrogen) atoms. The highest BCUT2D eigenvalue weighted by atomic mass is 35.5. The molecule has 1 unspecified atom stereocenters. The summed E-state index contributed by atoms with van der Waals surface area (Å²) in [5.74, 6) is 0.829. The number of aliphatic hydroxyl groups excluding tert-OH is 1. The Morgan fingerprint density at radius 1 is 1.64 bits per heavy atom. The third-order valence-electron chi connectivity index (χ3n) is 1.96. The van der Waals surface area contributed by atoms with Gasteiger partial charge in [0.25, 0.3) is 0 Å². The fraction of sp³-hybridized carbons (Fsp3) is 0.636. The summed E-state index contributed by atoms with van der Waals surface area (Å²) in [7, 11) is 0. The molecule has 1 fully saturated rings. The summed E-state index contributed by atoms with van der Waals surface area (Å²) in [4.78, 5) is 0. The third-order valence-corrected chi connectivity index (χ3v) is 2.29. The van der Waals surface area contributed by atoms with Crippen LogP contribution in [-0.4, -0.2) is 17.8 Å². The Labute approximate surface area is 90.2 Å². The Morgan fingerprint density at radius 3 is 2.71 bits per heavy atom. The Morgan fingerprint density at radius 2 is 2.29 bits per heavy atom. The highest BCUT2D eigenvalue weighted by Gasteiger charge is 2.20. The Balaban J connectivity index is 2.60. The number of aliphatic hydroxyl groups is 1. The lowest BCUT2D eigenvalue weighted by molar-refractivity contribution is 0.198. The number of halogens is 1. The van der Waals surface area contributed by atoms with Crippen LogP contribution in [0.5, 0.6) is 0 Å². The number of ether oxygens (including phenoxy) is 1. The lowest BCUT2D eigenvalue weighted by atomic mass is 10.2. The zero-order valence-corrected chi connectivity index (χ0v) is 9.47. The molecule has 1 atom stereocenters. The maximum absolute atomic E-state index is 9.11. The van der Waals surface area contributed by atoms with Crippen LogP contribution in [0.3, 0.4) is 0 Å². The summed E-state index contributed by atoms with van der Waals surface area (Å²) in [5, 5.41) is 9.75. The second-order valence-electron chi connectivity index (χ2n) is 3.50. The van der Waals surface area contributed by atoms with Gasteiger partial charge >= 0.3 is 0 Å². The Hall–Kier alpha value is -0.470. The molecule has 0 aromatic heterocycles. The summed E-state index contributed by atoms with van der Waals surface area (Å²) in [5.41, 5.74) is 1.29. The molecular formula is C11H17ClO2. The fourth-order valence-electron chi connectivity index (χ4n) is 1.14. The minimum Gasteiger partial charge on any atom is -0.492 e. The van der Waals surface area contributed by atoms with Gasteiger partial charge in [-0.15, -0.1) is 0 Å². The Bertz CT molecular complexity index is 248. The van der Waals surface area contributed by atoms with Gasteiger partial charge in [0.1, 0.15) is 5.76 Å². The molecule has 2 nitrogen and oxygen atoms in total. The topological polar surface area (TPSA) is 29.5 Å². The lowest BCUT2D eigenvalue weighted by Crippen LogP contribution is -1.98. The van der Waals surface area contributed by atoms with Gasteiger partial charge in [0.05, 0.1) is 17.7 Å². The van der Waals surface area contributed by atoms with E-state index in [0.29, 0.717) is 18.1 Å². The largest absolute Gasteiger partial charge is 0.492 e. The molecular weight excluding hydrogens is 200 g/mol. The molecule has 0 aliphatic heterocycles. The van der Waals surface area contributed by atoms with Crippen LogP contribution in [0.15, 0.2) is 22.4 Å². The summed E-state index contributed by atoms with van der Waals surface area (Å²) in [6, 6.07) is 0. The van der Waals surface area contributed by atoms with Crippen molar-refractivity contribution in [3.05, 3.63) is 22.4 Å². The van der Waals surface area contributed by atoms with Gasteiger partial charge in [-0.05, 0) is 38.7 Å². The zero-order chi connectivity index (χ0) is 10.6. The molecule has 0 heterocycles. The zero-order valence-electron chi connectivity index (χ0n) is 8.72. The van der Waals surface area contributed by atoms with Gasteiger partial charge in [-0.2, -0.15) is 0 Å². The number of allylic oxidation sites excluding steroid dienone is 2. The van der Waals surface area contributed by atoms with Crippen molar-refractivity contribution in [1.29, 1.82) is 0 Å². The van der Waals surface area contributed by atoms with Crippen LogP contribution in [0.1, 0.15) is 33.1 Å². The van der Waals surface area contributed by atoms with Gasteiger partial charge in [-0.3, -0.25) is 0 Å². The molecule has 3 heteroatoms. The summed E-state index contributed by atoms with van der Waals surface area (Å²) < 4.78 is 5.46. The number of rotatable bonds is 5. The van der Waals surface area contributed by atoms with E-state index in [1.165, 1.54) is 5.57 Å². The molecule has 0 bridgehead atoms. The molecule has 1 N–H and O–H groups in total. The van der Waals surface area contributed by atoms with Gasteiger partial charge in [-0.1, -0.05) is 17.7 Å². The third kappa shape index (κ3) is 3.72. The van der Waals surface area contributed by atoms with Crippen molar-refractivity contribution in [1.82, 2.24) is 0 Å². The van der Waals surface area contributed by atoms with E-state index in [1.807, 2.05) is 13.0 Å². The van der Waals surface area contributed by atoms with E-state index >= 15 is 0 Å². The van der Waals surface area contributed by atoms with Gasteiger partial charge in [-0.25, -0.2) is 0 Å². The van der Waals surface area contributed by atoms with Crippen molar-refractivity contribution < 1.29 is 9.84 Å². The van der Waals surface area contributed by atoms with E-state index in [1.54, 1.807) is 6.92 Å². The molecule has 1 aliphatic rings. The molecule has 0 spiro atoms. The van der Waals surface area contributed by atoms with E-state index < -0.39 is 0 Å². The summed E-state index contributed by atoms with van der Waals surface area (Å²) in [6.07, 6.45) is 4.23. The maximum atomic E-state index is 9.11. The molecule has 1 rings (SSSR count). The van der Waals surface area contributed by atoms with Crippen LogP contribution >= 0.6 is 11.6 Å². The molecule has 80 valence electrons. The van der Waals surface area contributed by atoms with Gasteiger partial charge < -0.3 is 9.84 Å². The molecule has 0 radical (unpaired) electrons. The summed E-state index contributed by atoms with van der Waals surface area (Å²) >= 11 is 6.07. The van der Waals surface area contributed by atoms with Crippen molar-refractivity contribution in [2.75, 3.05) is 6.61 Å². The van der Waals surface area contributed by atoms with Crippen molar-refractivity contribution in [2.24, 2.45) is 0 Å².